The van der Waals surface area contributed by atoms with Crippen LogP contribution in [0.5, 0.6) is 5.75 Å². The fourth-order valence-corrected chi connectivity index (χ4v) is 2.24. The van der Waals surface area contributed by atoms with Gasteiger partial charge in [0, 0.05) is 19.3 Å². The number of rotatable bonds is 2. The molecule has 20 heavy (non-hydrogen) atoms. The lowest BCUT2D eigenvalue weighted by atomic mass is 10.3. The Morgan fingerprint density at radius 1 is 1.35 bits per heavy atom. The molecule has 1 saturated heterocycles. The van der Waals surface area contributed by atoms with Crippen LogP contribution in [-0.2, 0) is 14.3 Å². The monoisotopic (exact) mass is 277 g/mol. The predicted molar refractivity (Wildman–Crippen MR) is 69.5 cm³/mol. The van der Waals surface area contributed by atoms with Gasteiger partial charge < -0.3 is 14.4 Å². The molecule has 0 N–H and O–H groups in total. The normalized spacial score (nSPS) is 18.5. The fourth-order valence-electron chi connectivity index (χ4n) is 2.24. The van der Waals surface area contributed by atoms with Crippen molar-refractivity contribution in [3.8, 4) is 5.75 Å². The molecule has 0 aromatic carbocycles. The molecular weight excluding hydrogens is 262 g/mol. The van der Waals surface area contributed by atoms with Crippen molar-refractivity contribution in [1.82, 2.24) is 9.88 Å². The predicted octanol–water partition coefficient (Wildman–Crippen LogP) is -0.334. The molecule has 3 rings (SSSR count). The van der Waals surface area contributed by atoms with Crippen LogP contribution >= 0.6 is 0 Å². The van der Waals surface area contributed by atoms with Gasteiger partial charge in [-0.15, -0.1) is 0 Å². The van der Waals surface area contributed by atoms with Crippen LogP contribution in [0.4, 0.5) is 5.82 Å². The van der Waals surface area contributed by atoms with Gasteiger partial charge >= 0.3 is 0 Å². The van der Waals surface area contributed by atoms with E-state index in [1.807, 2.05) is 0 Å². The van der Waals surface area contributed by atoms with Gasteiger partial charge in [0.25, 0.3) is 5.91 Å². The minimum Gasteiger partial charge on any atom is -0.480 e. The summed E-state index contributed by atoms with van der Waals surface area (Å²) < 4.78 is 10.5. The fraction of sp³-hybridized carbons (Fsp3) is 0.462. The van der Waals surface area contributed by atoms with E-state index in [1.54, 1.807) is 23.2 Å². The van der Waals surface area contributed by atoms with E-state index in [2.05, 4.69) is 4.98 Å². The lowest BCUT2D eigenvalue weighted by molar-refractivity contribution is -0.135. The van der Waals surface area contributed by atoms with E-state index in [0.29, 0.717) is 37.9 Å². The Labute approximate surface area is 116 Å². The molecule has 0 saturated carbocycles. The minimum atomic E-state index is -0.252. The van der Waals surface area contributed by atoms with Gasteiger partial charge in [-0.3, -0.25) is 14.5 Å². The number of hydrogen-bond donors (Lipinski definition) is 0. The summed E-state index contributed by atoms with van der Waals surface area (Å²) in [6, 6.07) is 3.47. The zero-order valence-corrected chi connectivity index (χ0v) is 10.9. The third kappa shape index (κ3) is 2.44. The molecule has 0 bridgehead atoms. The summed E-state index contributed by atoms with van der Waals surface area (Å²) in [6.07, 6.45) is 1.58. The van der Waals surface area contributed by atoms with Crippen LogP contribution in [0.3, 0.4) is 0 Å². The number of amides is 2. The number of fused-ring (bicyclic) bond motifs is 1. The van der Waals surface area contributed by atoms with Gasteiger partial charge in [-0.1, -0.05) is 0 Å². The number of pyridine rings is 1. The summed E-state index contributed by atoms with van der Waals surface area (Å²) in [5.74, 6) is 0.588. The number of ether oxygens (including phenoxy) is 2. The second-order valence-corrected chi connectivity index (χ2v) is 4.59. The van der Waals surface area contributed by atoms with Crippen LogP contribution in [0.1, 0.15) is 0 Å². The molecule has 1 aromatic heterocycles. The lowest BCUT2D eigenvalue weighted by Gasteiger charge is -2.31. The minimum absolute atomic E-state index is 0.00773. The smallest absolute Gasteiger partial charge is 0.266 e. The quantitative estimate of drug-likeness (QED) is 0.740. The summed E-state index contributed by atoms with van der Waals surface area (Å²) in [4.78, 5) is 31.4. The molecule has 1 fully saturated rings. The Morgan fingerprint density at radius 2 is 2.15 bits per heavy atom. The van der Waals surface area contributed by atoms with Crippen molar-refractivity contribution >= 4 is 17.6 Å². The number of hydrogen-bond acceptors (Lipinski definition) is 5. The average molecular weight is 277 g/mol. The Hall–Kier alpha value is -2.15. The Kier molecular flexibility index (Phi) is 3.51. The first-order valence-corrected chi connectivity index (χ1v) is 6.49. The van der Waals surface area contributed by atoms with Crippen LogP contribution in [0.25, 0.3) is 0 Å². The van der Waals surface area contributed by atoms with E-state index in [1.165, 1.54) is 4.90 Å². The molecule has 1 aromatic rings. The highest BCUT2D eigenvalue weighted by atomic mass is 16.5. The van der Waals surface area contributed by atoms with Gasteiger partial charge in [-0.25, -0.2) is 4.98 Å². The summed E-state index contributed by atoms with van der Waals surface area (Å²) in [5, 5.41) is 0. The molecule has 0 aliphatic carbocycles. The van der Waals surface area contributed by atoms with E-state index in [9.17, 15) is 9.59 Å². The average Bonchev–Trinajstić information content (AvgIpc) is 2.51. The summed E-state index contributed by atoms with van der Waals surface area (Å²) in [5.41, 5.74) is 0. The Balaban J connectivity index is 1.76. The number of aromatic nitrogens is 1. The van der Waals surface area contributed by atoms with Crippen LogP contribution in [0, 0.1) is 0 Å². The molecule has 7 heteroatoms. The maximum Gasteiger partial charge on any atom is 0.266 e. The van der Waals surface area contributed by atoms with E-state index >= 15 is 0 Å². The molecule has 3 heterocycles. The number of anilines is 1. The van der Waals surface area contributed by atoms with Gasteiger partial charge in [0.2, 0.25) is 5.91 Å². The first kappa shape index (κ1) is 12.9. The molecule has 2 aliphatic rings. The van der Waals surface area contributed by atoms with Gasteiger partial charge in [0.1, 0.15) is 6.54 Å². The number of carbonyl (C=O) groups is 2. The lowest BCUT2D eigenvalue weighted by Crippen LogP contribution is -2.49. The molecule has 7 nitrogen and oxygen atoms in total. The highest BCUT2D eigenvalue weighted by molar-refractivity contribution is 6.01. The molecule has 0 spiro atoms. The molecule has 2 aliphatic heterocycles. The van der Waals surface area contributed by atoms with Gasteiger partial charge in [-0.2, -0.15) is 0 Å². The van der Waals surface area contributed by atoms with Crippen molar-refractivity contribution in [3.05, 3.63) is 18.3 Å². The second-order valence-electron chi connectivity index (χ2n) is 4.59. The molecule has 106 valence electrons. The van der Waals surface area contributed by atoms with Crippen molar-refractivity contribution in [2.24, 2.45) is 0 Å². The van der Waals surface area contributed by atoms with Crippen molar-refractivity contribution in [2.45, 2.75) is 0 Å². The van der Waals surface area contributed by atoms with Gasteiger partial charge in [-0.05, 0) is 12.1 Å². The Morgan fingerprint density at radius 3 is 2.95 bits per heavy atom. The van der Waals surface area contributed by atoms with Crippen molar-refractivity contribution in [3.63, 3.8) is 0 Å². The highest BCUT2D eigenvalue weighted by Crippen LogP contribution is 2.28. The molecule has 0 unspecified atom stereocenters. The van der Waals surface area contributed by atoms with Crippen LogP contribution in [0.2, 0.25) is 0 Å². The maximum atomic E-state index is 12.2. The highest BCUT2D eigenvalue weighted by Gasteiger charge is 2.30. The van der Waals surface area contributed by atoms with E-state index in [4.69, 9.17) is 9.47 Å². The largest absolute Gasteiger partial charge is 0.480 e. The Bertz CT molecular complexity index is 528. The molecule has 0 atom stereocenters. The number of morpholine rings is 1. The van der Waals surface area contributed by atoms with E-state index < -0.39 is 0 Å². The SMILES string of the molecule is O=C(CN1C(=O)COc2cccnc21)N1CCOCC1. The van der Waals surface area contributed by atoms with Crippen LogP contribution < -0.4 is 9.64 Å². The maximum absolute atomic E-state index is 12.2. The standard InChI is InChI=1S/C13H15N3O4/c17-11(15-4-6-19-7-5-15)8-16-12(18)9-20-10-2-1-3-14-13(10)16/h1-3H,4-9H2. The van der Waals surface area contributed by atoms with Crippen molar-refractivity contribution in [1.29, 1.82) is 0 Å². The van der Waals surface area contributed by atoms with Crippen molar-refractivity contribution < 1.29 is 19.1 Å². The van der Waals surface area contributed by atoms with Gasteiger partial charge in [0.15, 0.2) is 18.2 Å². The van der Waals surface area contributed by atoms with Crippen LogP contribution in [-0.4, -0.2) is 61.2 Å². The summed E-state index contributed by atoms with van der Waals surface area (Å²) in [7, 11) is 0. The molecular formula is C13H15N3O4. The number of nitrogens with zero attached hydrogens (tertiary/aromatic N) is 3. The first-order valence-electron chi connectivity index (χ1n) is 6.49. The van der Waals surface area contributed by atoms with E-state index in [0.717, 1.165) is 0 Å². The second kappa shape index (κ2) is 5.46. The number of carbonyl (C=O) groups excluding carboxylic acids is 2. The van der Waals surface area contributed by atoms with Crippen LogP contribution in [0.15, 0.2) is 18.3 Å². The molecule has 2 amide bonds. The summed E-state index contributed by atoms with van der Waals surface area (Å²) >= 11 is 0. The first-order chi connectivity index (χ1) is 9.75. The zero-order valence-electron chi connectivity index (χ0n) is 10.9. The third-order valence-corrected chi connectivity index (χ3v) is 3.32. The van der Waals surface area contributed by atoms with E-state index in [-0.39, 0.29) is 25.0 Å². The third-order valence-electron chi connectivity index (χ3n) is 3.32. The zero-order chi connectivity index (χ0) is 13.9. The topological polar surface area (TPSA) is 72.0 Å². The summed E-state index contributed by atoms with van der Waals surface area (Å²) in [6.45, 7) is 2.13. The van der Waals surface area contributed by atoms with Gasteiger partial charge in [0.05, 0.1) is 13.2 Å². The molecule has 0 radical (unpaired) electrons. The van der Waals surface area contributed by atoms with Crippen molar-refractivity contribution in [2.75, 3.05) is 44.4 Å².